The summed E-state index contributed by atoms with van der Waals surface area (Å²) >= 11 is 0. The Morgan fingerprint density at radius 2 is 1.73 bits per heavy atom. The smallest absolute Gasteiger partial charge is 0.407 e. The van der Waals surface area contributed by atoms with Crippen LogP contribution in [0.5, 0.6) is 0 Å². The van der Waals surface area contributed by atoms with Crippen molar-refractivity contribution in [3.05, 3.63) is 71.4 Å². The Balaban J connectivity index is 1.27. The molecule has 3 N–H and O–H groups in total. The van der Waals surface area contributed by atoms with E-state index in [0.717, 1.165) is 26.9 Å². The third-order valence-electron chi connectivity index (χ3n) is 5.21. The first-order valence-corrected chi connectivity index (χ1v) is 10.1. The van der Waals surface area contributed by atoms with Crippen LogP contribution in [0, 0.1) is 11.8 Å². The van der Waals surface area contributed by atoms with Gasteiger partial charge in [-0.1, -0.05) is 54.5 Å². The fraction of sp³-hybridized carbons (Fsp3) is 0.167. The van der Waals surface area contributed by atoms with Crippen LogP contribution in [0.4, 0.5) is 10.6 Å². The molecular formula is C24H20N4O5. The van der Waals surface area contributed by atoms with Gasteiger partial charge in [0.25, 0.3) is 0 Å². The molecule has 1 aromatic heterocycles. The van der Waals surface area contributed by atoms with Crippen molar-refractivity contribution in [3.63, 3.8) is 0 Å². The average molecular weight is 444 g/mol. The summed E-state index contributed by atoms with van der Waals surface area (Å²) < 4.78 is 6.52. The molecule has 1 heterocycles. The molecule has 0 saturated heterocycles. The molecule has 9 heteroatoms. The van der Waals surface area contributed by atoms with E-state index in [1.54, 1.807) is 0 Å². The van der Waals surface area contributed by atoms with Gasteiger partial charge in [0.1, 0.15) is 12.3 Å². The Morgan fingerprint density at radius 1 is 1.09 bits per heavy atom. The number of fused-ring (bicyclic) bond motifs is 3. The molecule has 0 fully saturated rings. The number of aromatic carboxylic acids is 1. The molecule has 0 spiro atoms. The second-order valence-corrected chi connectivity index (χ2v) is 7.28. The van der Waals surface area contributed by atoms with Gasteiger partial charge in [0.15, 0.2) is 5.82 Å². The predicted octanol–water partition coefficient (Wildman–Crippen LogP) is 2.60. The number of hydrogen-bond acceptors (Lipinski definition) is 5. The largest absolute Gasteiger partial charge is 0.477 e. The molecule has 166 valence electrons. The number of carbonyl (C=O) groups excluding carboxylic acids is 2. The molecule has 4 rings (SSSR count). The maximum atomic E-state index is 12.1. The Labute approximate surface area is 189 Å². The molecule has 9 nitrogen and oxygen atoms in total. The summed E-state index contributed by atoms with van der Waals surface area (Å²) in [5, 5.41) is 17.7. The Hall–Kier alpha value is -4.58. The molecule has 0 aliphatic heterocycles. The van der Waals surface area contributed by atoms with E-state index < -0.39 is 18.0 Å². The molecule has 0 bridgehead atoms. The zero-order valence-electron chi connectivity index (χ0n) is 17.7. The van der Waals surface area contributed by atoms with E-state index in [4.69, 9.17) is 9.84 Å². The van der Waals surface area contributed by atoms with Crippen molar-refractivity contribution in [2.24, 2.45) is 7.05 Å². The minimum atomic E-state index is -1.16. The van der Waals surface area contributed by atoms with Crippen molar-refractivity contribution < 1.29 is 24.2 Å². The molecule has 0 unspecified atom stereocenters. The second kappa shape index (κ2) is 9.28. The van der Waals surface area contributed by atoms with Gasteiger partial charge in [-0.25, -0.2) is 9.59 Å². The lowest BCUT2D eigenvalue weighted by Gasteiger charge is -2.14. The Kier molecular flexibility index (Phi) is 6.09. The fourth-order valence-corrected chi connectivity index (χ4v) is 3.77. The van der Waals surface area contributed by atoms with Gasteiger partial charge in [0, 0.05) is 19.0 Å². The van der Waals surface area contributed by atoms with Gasteiger partial charge in [-0.3, -0.25) is 14.8 Å². The summed E-state index contributed by atoms with van der Waals surface area (Å²) in [6.07, 6.45) is -0.637. The highest BCUT2D eigenvalue weighted by atomic mass is 16.5. The first-order chi connectivity index (χ1) is 15.9. The van der Waals surface area contributed by atoms with Crippen LogP contribution in [-0.4, -0.2) is 46.0 Å². The monoisotopic (exact) mass is 444 g/mol. The number of hydrogen-bond donors (Lipinski definition) is 3. The summed E-state index contributed by atoms with van der Waals surface area (Å²) in [7, 11) is 1.45. The summed E-state index contributed by atoms with van der Waals surface area (Å²) in [5.41, 5.74) is 4.44. The standard InChI is InChI=1S/C24H20N4O5/c1-28-20(23(30)31)13-21(27-28)26-22(29)11-6-12-25-24(32)33-14-19-17-9-4-2-7-15(17)16-8-3-5-10-18(16)19/h2-5,7-10,13,19H,12,14H2,1H3,(H,25,32)(H,30,31)(H,26,27,29). The number of anilines is 1. The third-order valence-corrected chi connectivity index (χ3v) is 5.21. The number of carbonyl (C=O) groups is 3. The second-order valence-electron chi connectivity index (χ2n) is 7.28. The van der Waals surface area contributed by atoms with Crippen LogP contribution in [0.15, 0.2) is 54.6 Å². The van der Waals surface area contributed by atoms with Gasteiger partial charge in [-0.15, -0.1) is 0 Å². The average Bonchev–Trinajstić information content (AvgIpc) is 3.33. The van der Waals surface area contributed by atoms with Gasteiger partial charge in [-0.05, 0) is 28.2 Å². The van der Waals surface area contributed by atoms with E-state index in [0.29, 0.717) is 0 Å². The number of aromatic nitrogens is 2. The number of rotatable bonds is 5. The van der Waals surface area contributed by atoms with Gasteiger partial charge in [0.05, 0.1) is 6.54 Å². The predicted molar refractivity (Wildman–Crippen MR) is 120 cm³/mol. The normalized spacial score (nSPS) is 11.5. The van der Waals surface area contributed by atoms with Crippen molar-refractivity contribution >= 4 is 23.8 Å². The van der Waals surface area contributed by atoms with Gasteiger partial charge in [0.2, 0.25) is 0 Å². The molecule has 2 amide bonds. The Bertz CT molecular complexity index is 1260. The topological polar surface area (TPSA) is 123 Å². The van der Waals surface area contributed by atoms with E-state index in [2.05, 4.69) is 39.7 Å². The SMILES string of the molecule is Cn1nc(NC(=O)C#CCNC(=O)OCC2c3ccccc3-c3ccccc32)cc1C(=O)O. The van der Waals surface area contributed by atoms with Crippen LogP contribution in [0.2, 0.25) is 0 Å². The molecular weight excluding hydrogens is 424 g/mol. The first-order valence-electron chi connectivity index (χ1n) is 10.1. The highest BCUT2D eigenvalue weighted by molar-refractivity contribution is 6.04. The van der Waals surface area contributed by atoms with Crippen LogP contribution in [0.3, 0.4) is 0 Å². The third kappa shape index (κ3) is 4.70. The number of benzene rings is 2. The van der Waals surface area contributed by atoms with Crippen molar-refractivity contribution in [1.29, 1.82) is 0 Å². The lowest BCUT2D eigenvalue weighted by atomic mass is 9.98. The number of ether oxygens (including phenoxy) is 1. The number of carboxylic acids is 1. The quantitative estimate of drug-likeness (QED) is 0.520. The summed E-state index contributed by atoms with van der Waals surface area (Å²) in [6, 6.07) is 17.3. The van der Waals surface area contributed by atoms with Gasteiger partial charge in [-0.2, -0.15) is 5.10 Å². The zero-order valence-corrected chi connectivity index (χ0v) is 17.7. The van der Waals surface area contributed by atoms with E-state index >= 15 is 0 Å². The summed E-state index contributed by atoms with van der Waals surface area (Å²) in [4.78, 5) is 34.9. The molecule has 1 aliphatic rings. The molecule has 0 radical (unpaired) electrons. The van der Waals surface area contributed by atoms with Crippen LogP contribution >= 0.6 is 0 Å². The lowest BCUT2D eigenvalue weighted by Crippen LogP contribution is -2.26. The number of carboxylic acid groups (broad SMARTS) is 1. The molecule has 3 aromatic rings. The van der Waals surface area contributed by atoms with E-state index in [9.17, 15) is 14.4 Å². The van der Waals surface area contributed by atoms with E-state index in [1.807, 2.05) is 36.4 Å². The highest BCUT2D eigenvalue weighted by Crippen LogP contribution is 2.44. The van der Waals surface area contributed by atoms with Gasteiger partial charge < -0.3 is 15.2 Å². The minimum absolute atomic E-state index is 0.0472. The number of alkyl carbamates (subject to hydrolysis) is 1. The zero-order chi connectivity index (χ0) is 23.4. The van der Waals surface area contributed by atoms with Crippen LogP contribution in [0.1, 0.15) is 27.5 Å². The summed E-state index contributed by atoms with van der Waals surface area (Å²) in [5.74, 6) is 2.99. The number of aryl methyl sites for hydroxylation is 1. The van der Waals surface area contributed by atoms with E-state index in [1.165, 1.54) is 13.1 Å². The van der Waals surface area contributed by atoms with E-state index in [-0.39, 0.29) is 30.6 Å². The number of nitrogens with one attached hydrogen (secondary N) is 2. The molecule has 1 aliphatic carbocycles. The van der Waals surface area contributed by atoms with Crippen LogP contribution in [0.25, 0.3) is 11.1 Å². The molecule has 33 heavy (non-hydrogen) atoms. The van der Waals surface area contributed by atoms with Crippen molar-refractivity contribution in [1.82, 2.24) is 15.1 Å². The highest BCUT2D eigenvalue weighted by Gasteiger charge is 2.28. The van der Waals surface area contributed by atoms with Crippen LogP contribution in [-0.2, 0) is 16.6 Å². The first kappa shape index (κ1) is 21.6. The van der Waals surface area contributed by atoms with Crippen molar-refractivity contribution in [3.8, 4) is 23.0 Å². The summed E-state index contributed by atoms with van der Waals surface area (Å²) in [6.45, 7) is 0.0893. The maximum absolute atomic E-state index is 12.1. The fourth-order valence-electron chi connectivity index (χ4n) is 3.77. The number of amides is 2. The van der Waals surface area contributed by atoms with Crippen molar-refractivity contribution in [2.75, 3.05) is 18.5 Å². The van der Waals surface area contributed by atoms with Crippen molar-refractivity contribution in [2.45, 2.75) is 5.92 Å². The maximum Gasteiger partial charge on any atom is 0.407 e. The van der Waals surface area contributed by atoms with Crippen LogP contribution < -0.4 is 10.6 Å². The number of nitrogens with zero attached hydrogens (tertiary/aromatic N) is 2. The molecule has 2 aromatic carbocycles. The molecule has 0 atom stereocenters. The molecule has 0 saturated carbocycles. The Morgan fingerprint density at radius 3 is 2.33 bits per heavy atom. The minimum Gasteiger partial charge on any atom is -0.477 e. The van der Waals surface area contributed by atoms with Gasteiger partial charge >= 0.3 is 18.0 Å². The lowest BCUT2D eigenvalue weighted by molar-refractivity contribution is -0.111.